The number of carbonyl (C=O) groups excluding carboxylic acids is 1. The molecule has 15 heteroatoms. The number of amides is 1. The number of unbranched alkanes of at least 4 members (excludes halogenated alkanes) is 11. The van der Waals surface area contributed by atoms with Gasteiger partial charge in [-0.25, -0.2) is 9.18 Å². The van der Waals surface area contributed by atoms with Gasteiger partial charge in [0.1, 0.15) is 29.1 Å². The summed E-state index contributed by atoms with van der Waals surface area (Å²) in [6.45, 7) is 7.23. The molecule has 7 rings (SSSR count). The molecule has 1 saturated carbocycles. The number of nitro groups is 1. The minimum absolute atomic E-state index is 0.0279. The number of benzene rings is 3. The fourth-order valence-corrected chi connectivity index (χ4v) is 11.3. The van der Waals surface area contributed by atoms with Crippen LogP contribution in [0.15, 0.2) is 96.2 Å². The zero-order valence-electron chi connectivity index (χ0n) is 42.8. The normalized spacial score (nSPS) is 23.6. The number of allylic oxidation sites excluding steroid dienone is 1. The third kappa shape index (κ3) is 14.7. The summed E-state index contributed by atoms with van der Waals surface area (Å²) in [5, 5.41) is 36.8. The van der Waals surface area contributed by atoms with Crippen LogP contribution in [0.2, 0.25) is 0 Å². The number of carbonyl (C=O) groups is 1. The number of halogens is 1. The van der Waals surface area contributed by atoms with Gasteiger partial charge in [0.15, 0.2) is 0 Å². The number of nitrogens with zero attached hydrogens (tertiary/aromatic N) is 3. The lowest BCUT2D eigenvalue weighted by Gasteiger charge is -2.60. The Morgan fingerprint density at radius 2 is 1.64 bits per heavy atom. The van der Waals surface area contributed by atoms with Gasteiger partial charge in [-0.1, -0.05) is 113 Å². The fourth-order valence-electron chi connectivity index (χ4n) is 11.3. The summed E-state index contributed by atoms with van der Waals surface area (Å²) in [6, 6.07) is 16.8. The van der Waals surface area contributed by atoms with Crippen molar-refractivity contribution in [1.29, 1.82) is 0 Å². The van der Waals surface area contributed by atoms with E-state index in [2.05, 4.69) is 19.6 Å². The molecule has 7 atom stereocenters. The SMILES string of the molecule is C=CCO[C@@]12Oc3ccc(Oc4cccc([N+](=O)[O-])c4)cc3[C@H]3[C@H](CCCCO)[C@@H](CCCCO)C=C(C(=NOC4CCCCO4)C[C@@H]1N(Cc1ccc(F)cc1)C(=O)OCCCCCCCCCCCC)[C@H]32. The van der Waals surface area contributed by atoms with Crippen molar-refractivity contribution in [2.45, 2.75) is 166 Å². The Bertz CT molecular complexity index is 2290. The molecule has 2 N–H and O–H groups in total. The molecular formula is C58H78FN3O11. The molecule has 14 nitrogen and oxygen atoms in total. The van der Waals surface area contributed by atoms with Crippen molar-refractivity contribution in [1.82, 2.24) is 4.90 Å². The number of ether oxygens (including phenoxy) is 5. The summed E-state index contributed by atoms with van der Waals surface area (Å²) in [6.07, 6.45) is 20.9. The van der Waals surface area contributed by atoms with Crippen LogP contribution in [0, 0.1) is 33.7 Å². The summed E-state index contributed by atoms with van der Waals surface area (Å²) in [5.41, 5.74) is 2.85. The van der Waals surface area contributed by atoms with Gasteiger partial charge in [0.2, 0.25) is 12.1 Å². The van der Waals surface area contributed by atoms with Crippen molar-refractivity contribution in [3.63, 3.8) is 0 Å². The van der Waals surface area contributed by atoms with Crippen molar-refractivity contribution < 1.29 is 52.8 Å². The topological polar surface area (TPSA) is 172 Å². The maximum Gasteiger partial charge on any atom is 0.410 e. The van der Waals surface area contributed by atoms with Gasteiger partial charge in [0.25, 0.3) is 5.69 Å². The standard InChI is InChI=1S/C58H78FN3O11/c1-3-5-6-7-8-9-10-11-12-18-36-69-57(65)61(41-42-26-28-44(59)29-27-42)53-40-51(60-73-54-25-15-19-35-68-54)49-37-43(21-13-16-32-63)48(24-14-17-33-64)55-50-39-47(71-46-23-20-22-45(38-46)62(66)67)30-31-52(50)72-58(53,56(49)55)70-34-4-2/h4,20,22-23,26-31,37-39,43,48,53-56,63-64H,2-3,5-19,21,24-25,32-36,40-41H2,1H3/t43-,48+,53-,54?,55+,56+,58+/m0/s1. The molecule has 0 spiro atoms. The van der Waals surface area contributed by atoms with E-state index in [0.717, 1.165) is 62.5 Å². The third-order valence-electron chi connectivity index (χ3n) is 14.9. The van der Waals surface area contributed by atoms with Crippen LogP contribution in [-0.2, 0) is 25.6 Å². The number of non-ortho nitro benzene ring substituents is 1. The van der Waals surface area contributed by atoms with Crippen LogP contribution in [0.3, 0.4) is 0 Å². The molecule has 3 aromatic carbocycles. The summed E-state index contributed by atoms with van der Waals surface area (Å²) in [7, 11) is 0. The Labute approximate surface area is 431 Å². The second kappa shape index (κ2) is 28.4. The first kappa shape index (κ1) is 55.4. The number of fused-ring (bicyclic) bond motifs is 2. The van der Waals surface area contributed by atoms with E-state index in [1.54, 1.807) is 41.3 Å². The molecule has 1 unspecified atom stereocenters. The Morgan fingerprint density at radius 3 is 2.34 bits per heavy atom. The first-order valence-electron chi connectivity index (χ1n) is 27.2. The summed E-state index contributed by atoms with van der Waals surface area (Å²) >= 11 is 0. The lowest BCUT2D eigenvalue weighted by molar-refractivity contribution is -0.384. The van der Waals surface area contributed by atoms with Crippen molar-refractivity contribution >= 4 is 17.5 Å². The second-order valence-electron chi connectivity index (χ2n) is 20.1. The molecule has 0 aromatic heterocycles. The van der Waals surface area contributed by atoms with Crippen molar-refractivity contribution in [2.75, 3.05) is 33.0 Å². The zero-order valence-corrected chi connectivity index (χ0v) is 42.8. The number of rotatable bonds is 30. The highest BCUT2D eigenvalue weighted by atomic mass is 19.1. The van der Waals surface area contributed by atoms with E-state index in [1.807, 2.05) is 12.1 Å². The van der Waals surface area contributed by atoms with Gasteiger partial charge in [-0.3, -0.25) is 15.0 Å². The fraction of sp³-hybridized carbons (Fsp3) is 0.586. The van der Waals surface area contributed by atoms with E-state index in [4.69, 9.17) is 33.7 Å². The van der Waals surface area contributed by atoms with Crippen molar-refractivity contribution in [2.24, 2.45) is 22.9 Å². The van der Waals surface area contributed by atoms with E-state index < -0.39 is 40.9 Å². The number of hydrogen-bond acceptors (Lipinski definition) is 12. The lowest BCUT2D eigenvalue weighted by atomic mass is 9.55. The Morgan fingerprint density at radius 1 is 0.918 bits per heavy atom. The van der Waals surface area contributed by atoms with Crippen LogP contribution in [-0.4, -0.2) is 83.0 Å². The summed E-state index contributed by atoms with van der Waals surface area (Å²) < 4.78 is 47.8. The van der Waals surface area contributed by atoms with Crippen LogP contribution in [0.1, 0.15) is 152 Å². The Kier molecular flexibility index (Phi) is 21.5. The number of nitro benzene ring substituents is 1. The molecule has 2 aliphatic carbocycles. The molecular weight excluding hydrogens is 934 g/mol. The van der Waals surface area contributed by atoms with E-state index >= 15 is 4.79 Å². The quantitative estimate of drug-likeness (QED) is 0.0282. The van der Waals surface area contributed by atoms with E-state index in [-0.39, 0.29) is 62.8 Å². The molecule has 398 valence electrons. The average Bonchev–Trinajstić information content (AvgIpc) is 3.40. The molecule has 2 heterocycles. The van der Waals surface area contributed by atoms with Gasteiger partial charge >= 0.3 is 6.09 Å². The predicted octanol–water partition coefficient (Wildman–Crippen LogP) is 13.2. The highest BCUT2D eigenvalue weighted by Crippen LogP contribution is 2.62. The summed E-state index contributed by atoms with van der Waals surface area (Å²) in [5.74, 6) is -1.83. The number of hydrogen-bond donors (Lipinski definition) is 2. The molecule has 2 aliphatic heterocycles. The Hall–Kier alpha value is -5.35. The molecule has 4 aliphatic rings. The predicted molar refractivity (Wildman–Crippen MR) is 278 cm³/mol. The number of oxime groups is 1. The number of aliphatic hydroxyl groups excluding tert-OH is 2. The number of aliphatic hydroxyl groups is 2. The zero-order chi connectivity index (χ0) is 51.4. The maximum absolute atomic E-state index is 15.1. The minimum atomic E-state index is -1.58. The van der Waals surface area contributed by atoms with Crippen LogP contribution < -0.4 is 9.47 Å². The largest absolute Gasteiger partial charge is 0.459 e. The highest BCUT2D eigenvalue weighted by Gasteiger charge is 2.66. The molecule has 1 saturated heterocycles. The molecule has 1 amide bonds. The maximum atomic E-state index is 15.1. The molecule has 3 aromatic rings. The van der Waals surface area contributed by atoms with Crippen molar-refractivity contribution in [3.8, 4) is 17.2 Å². The van der Waals surface area contributed by atoms with Gasteiger partial charge in [0.05, 0.1) is 42.4 Å². The first-order chi connectivity index (χ1) is 35.7. The van der Waals surface area contributed by atoms with Crippen LogP contribution in [0.5, 0.6) is 17.2 Å². The van der Waals surface area contributed by atoms with E-state index in [0.29, 0.717) is 67.2 Å². The van der Waals surface area contributed by atoms with Gasteiger partial charge in [-0.15, -0.1) is 6.58 Å². The highest BCUT2D eigenvalue weighted by molar-refractivity contribution is 6.03. The molecule has 0 bridgehead atoms. The van der Waals surface area contributed by atoms with Crippen LogP contribution in [0.25, 0.3) is 0 Å². The first-order valence-corrected chi connectivity index (χ1v) is 27.2. The monoisotopic (exact) mass is 1010 g/mol. The van der Waals surface area contributed by atoms with Gasteiger partial charge in [-0.2, -0.15) is 0 Å². The smallest absolute Gasteiger partial charge is 0.410 e. The van der Waals surface area contributed by atoms with Gasteiger partial charge < -0.3 is 38.7 Å². The molecule has 2 fully saturated rings. The lowest BCUT2D eigenvalue weighted by Crippen LogP contribution is -2.70. The summed E-state index contributed by atoms with van der Waals surface area (Å²) in [4.78, 5) is 34.4. The van der Waals surface area contributed by atoms with Crippen molar-refractivity contribution in [3.05, 3.63) is 118 Å². The average molecular weight is 1010 g/mol. The van der Waals surface area contributed by atoms with Crippen LogP contribution in [0.4, 0.5) is 14.9 Å². The minimum Gasteiger partial charge on any atom is -0.459 e. The molecule has 73 heavy (non-hydrogen) atoms. The van der Waals surface area contributed by atoms with E-state index in [9.17, 15) is 24.7 Å². The van der Waals surface area contributed by atoms with Gasteiger partial charge in [-0.05, 0) is 104 Å². The van der Waals surface area contributed by atoms with E-state index in [1.165, 1.54) is 62.8 Å². The van der Waals surface area contributed by atoms with Crippen LogP contribution >= 0.6 is 0 Å². The second-order valence-corrected chi connectivity index (χ2v) is 20.1. The third-order valence-corrected chi connectivity index (χ3v) is 14.9. The molecule has 0 radical (unpaired) electrons. The van der Waals surface area contributed by atoms with Gasteiger partial charge in [0, 0.05) is 50.1 Å². The Balaban J connectivity index is 1.34.